The summed E-state index contributed by atoms with van der Waals surface area (Å²) in [5, 5.41) is 3.42. The zero-order valence-corrected chi connectivity index (χ0v) is 10.1. The first-order chi connectivity index (χ1) is 8.36. The Morgan fingerprint density at radius 2 is 2.06 bits per heavy atom. The van der Waals surface area contributed by atoms with Crippen LogP contribution in [0.1, 0.15) is 24.8 Å². The van der Waals surface area contributed by atoms with Crippen molar-refractivity contribution >= 4 is 0 Å². The van der Waals surface area contributed by atoms with Crippen molar-refractivity contribution in [1.29, 1.82) is 0 Å². The lowest BCUT2D eigenvalue weighted by molar-refractivity contribution is 0.0867. The van der Waals surface area contributed by atoms with Crippen molar-refractivity contribution in [3.05, 3.63) is 24.3 Å². The van der Waals surface area contributed by atoms with Crippen molar-refractivity contribution in [1.82, 2.24) is 15.3 Å². The highest BCUT2D eigenvalue weighted by Crippen LogP contribution is 2.40. The van der Waals surface area contributed by atoms with Crippen LogP contribution in [0.5, 0.6) is 0 Å². The molecule has 4 heteroatoms. The van der Waals surface area contributed by atoms with E-state index in [1.165, 1.54) is 24.8 Å². The molecule has 0 aromatic carbocycles. The van der Waals surface area contributed by atoms with Crippen molar-refractivity contribution < 1.29 is 4.74 Å². The van der Waals surface area contributed by atoms with Crippen LogP contribution in [0.3, 0.4) is 0 Å². The molecule has 0 bridgehead atoms. The number of piperidine rings is 1. The van der Waals surface area contributed by atoms with Crippen LogP contribution in [0.2, 0.25) is 0 Å². The standard InChI is InChI=1S/C13H19N3O/c1-3-14-4-2-13(1)6-12(17-9-13)5-11-7-15-10-16-8-11/h7-8,10,12,14H,1-6,9H2. The zero-order valence-electron chi connectivity index (χ0n) is 10.1. The highest BCUT2D eigenvalue weighted by Gasteiger charge is 2.40. The summed E-state index contributed by atoms with van der Waals surface area (Å²) >= 11 is 0. The van der Waals surface area contributed by atoms with Gasteiger partial charge in [0.15, 0.2) is 0 Å². The third-order valence-electron chi connectivity index (χ3n) is 4.03. The third kappa shape index (κ3) is 2.48. The number of hydrogen-bond donors (Lipinski definition) is 1. The van der Waals surface area contributed by atoms with Crippen LogP contribution < -0.4 is 5.32 Å². The minimum Gasteiger partial charge on any atom is -0.377 e. The number of hydrogen-bond acceptors (Lipinski definition) is 4. The first kappa shape index (κ1) is 11.1. The van der Waals surface area contributed by atoms with Gasteiger partial charge in [-0.05, 0) is 43.3 Å². The first-order valence-corrected chi connectivity index (χ1v) is 6.43. The van der Waals surface area contributed by atoms with E-state index in [0.29, 0.717) is 11.5 Å². The average Bonchev–Trinajstić information content (AvgIpc) is 2.74. The molecule has 0 amide bonds. The Morgan fingerprint density at radius 1 is 1.29 bits per heavy atom. The summed E-state index contributed by atoms with van der Waals surface area (Å²) in [6.45, 7) is 3.22. The molecule has 92 valence electrons. The molecule has 2 aliphatic heterocycles. The Hall–Kier alpha value is -1.00. The van der Waals surface area contributed by atoms with Crippen molar-refractivity contribution in [2.24, 2.45) is 5.41 Å². The maximum absolute atomic E-state index is 5.97. The first-order valence-electron chi connectivity index (χ1n) is 6.43. The molecule has 0 aliphatic carbocycles. The molecular weight excluding hydrogens is 214 g/mol. The molecule has 1 spiro atoms. The molecule has 0 saturated carbocycles. The minimum atomic E-state index is 0.360. The lowest BCUT2D eigenvalue weighted by Crippen LogP contribution is -2.37. The van der Waals surface area contributed by atoms with Crippen molar-refractivity contribution in [2.45, 2.75) is 31.8 Å². The van der Waals surface area contributed by atoms with E-state index in [-0.39, 0.29) is 0 Å². The largest absolute Gasteiger partial charge is 0.377 e. The second-order valence-corrected chi connectivity index (χ2v) is 5.34. The maximum atomic E-state index is 5.97. The Balaban J connectivity index is 1.60. The molecule has 1 unspecified atom stereocenters. The second-order valence-electron chi connectivity index (χ2n) is 5.34. The fourth-order valence-corrected chi connectivity index (χ4v) is 3.03. The summed E-state index contributed by atoms with van der Waals surface area (Å²) in [6, 6.07) is 0. The molecule has 3 heterocycles. The summed E-state index contributed by atoms with van der Waals surface area (Å²) in [5.41, 5.74) is 1.63. The molecule has 2 fully saturated rings. The zero-order chi connectivity index (χ0) is 11.6. The second kappa shape index (κ2) is 4.70. The van der Waals surface area contributed by atoms with E-state index >= 15 is 0 Å². The van der Waals surface area contributed by atoms with Crippen molar-refractivity contribution in [3.8, 4) is 0 Å². The quantitative estimate of drug-likeness (QED) is 0.833. The van der Waals surface area contributed by atoms with Gasteiger partial charge in [0.05, 0.1) is 12.7 Å². The number of aromatic nitrogens is 2. The van der Waals surface area contributed by atoms with Crippen molar-refractivity contribution in [3.63, 3.8) is 0 Å². The normalized spacial score (nSPS) is 27.4. The van der Waals surface area contributed by atoms with E-state index < -0.39 is 0 Å². The van der Waals surface area contributed by atoms with Gasteiger partial charge < -0.3 is 10.1 Å². The Labute approximate surface area is 102 Å². The summed E-state index contributed by atoms with van der Waals surface area (Å²) < 4.78 is 5.97. The summed E-state index contributed by atoms with van der Waals surface area (Å²) in [5.74, 6) is 0. The molecular formula is C13H19N3O. The van der Waals surface area contributed by atoms with Crippen LogP contribution in [0, 0.1) is 5.41 Å². The Bertz CT molecular complexity index is 362. The molecule has 1 aromatic heterocycles. The van der Waals surface area contributed by atoms with Gasteiger partial charge in [0.25, 0.3) is 0 Å². The van der Waals surface area contributed by atoms with Gasteiger partial charge in [-0.15, -0.1) is 0 Å². The van der Waals surface area contributed by atoms with Crippen LogP contribution >= 0.6 is 0 Å². The fourth-order valence-electron chi connectivity index (χ4n) is 3.03. The van der Waals surface area contributed by atoms with E-state index in [9.17, 15) is 0 Å². The number of nitrogens with one attached hydrogen (secondary N) is 1. The molecule has 1 atom stereocenters. The molecule has 2 aliphatic rings. The van der Waals surface area contributed by atoms with Gasteiger partial charge in [-0.25, -0.2) is 9.97 Å². The third-order valence-corrected chi connectivity index (χ3v) is 4.03. The number of ether oxygens (including phenoxy) is 1. The van der Waals surface area contributed by atoms with Gasteiger partial charge in [-0.3, -0.25) is 0 Å². The van der Waals surface area contributed by atoms with E-state index in [1.54, 1.807) is 6.33 Å². The predicted molar refractivity (Wildman–Crippen MR) is 64.6 cm³/mol. The molecule has 17 heavy (non-hydrogen) atoms. The smallest absolute Gasteiger partial charge is 0.115 e. The minimum absolute atomic E-state index is 0.360. The summed E-state index contributed by atoms with van der Waals surface area (Å²) in [4.78, 5) is 8.11. The van der Waals surface area contributed by atoms with Gasteiger partial charge in [-0.2, -0.15) is 0 Å². The Morgan fingerprint density at radius 3 is 2.82 bits per heavy atom. The van der Waals surface area contributed by atoms with E-state index in [4.69, 9.17) is 4.74 Å². The maximum Gasteiger partial charge on any atom is 0.115 e. The molecule has 2 saturated heterocycles. The lowest BCUT2D eigenvalue weighted by Gasteiger charge is -2.32. The summed E-state index contributed by atoms with van der Waals surface area (Å²) in [6.07, 6.45) is 10.4. The number of rotatable bonds is 2. The molecule has 4 nitrogen and oxygen atoms in total. The van der Waals surface area contributed by atoms with E-state index in [0.717, 1.165) is 26.1 Å². The molecule has 1 N–H and O–H groups in total. The molecule has 0 radical (unpaired) electrons. The Kier molecular flexibility index (Phi) is 3.07. The van der Waals surface area contributed by atoms with Crippen LogP contribution in [-0.4, -0.2) is 35.8 Å². The van der Waals surface area contributed by atoms with Gasteiger partial charge in [-0.1, -0.05) is 0 Å². The average molecular weight is 233 g/mol. The van der Waals surface area contributed by atoms with E-state index in [2.05, 4.69) is 15.3 Å². The topological polar surface area (TPSA) is 47.0 Å². The number of nitrogens with zero attached hydrogens (tertiary/aromatic N) is 2. The van der Waals surface area contributed by atoms with Crippen LogP contribution in [0.4, 0.5) is 0 Å². The van der Waals surface area contributed by atoms with Gasteiger partial charge in [0.2, 0.25) is 0 Å². The fraction of sp³-hybridized carbons (Fsp3) is 0.692. The highest BCUT2D eigenvalue weighted by molar-refractivity contribution is 5.06. The van der Waals surface area contributed by atoms with E-state index in [1.807, 2.05) is 12.4 Å². The van der Waals surface area contributed by atoms with Crippen molar-refractivity contribution in [2.75, 3.05) is 19.7 Å². The van der Waals surface area contributed by atoms with Gasteiger partial charge in [0, 0.05) is 18.8 Å². The molecule has 3 rings (SSSR count). The monoisotopic (exact) mass is 233 g/mol. The molecule has 1 aromatic rings. The summed E-state index contributed by atoms with van der Waals surface area (Å²) in [7, 11) is 0. The van der Waals surface area contributed by atoms with Crippen LogP contribution in [0.25, 0.3) is 0 Å². The lowest BCUT2D eigenvalue weighted by atomic mass is 9.77. The SMILES string of the molecule is c1ncc(CC2CC3(CCNCC3)CO2)cn1. The van der Waals surface area contributed by atoms with Crippen LogP contribution in [0.15, 0.2) is 18.7 Å². The highest BCUT2D eigenvalue weighted by atomic mass is 16.5. The predicted octanol–water partition coefficient (Wildman–Crippen LogP) is 1.18. The van der Waals surface area contributed by atoms with Crippen LogP contribution in [-0.2, 0) is 11.2 Å². The van der Waals surface area contributed by atoms with Gasteiger partial charge >= 0.3 is 0 Å². The van der Waals surface area contributed by atoms with Gasteiger partial charge in [0.1, 0.15) is 6.33 Å².